The first-order valence-electron chi connectivity index (χ1n) is 6.46. The van der Waals surface area contributed by atoms with E-state index in [-0.39, 0.29) is 11.2 Å². The third-order valence-electron chi connectivity index (χ3n) is 2.81. The van der Waals surface area contributed by atoms with Crippen molar-refractivity contribution < 1.29 is 9.53 Å². The van der Waals surface area contributed by atoms with Gasteiger partial charge in [-0.15, -0.1) is 0 Å². The zero-order valence-corrected chi connectivity index (χ0v) is 13.7. The molecule has 1 atom stereocenters. The molecule has 0 N–H and O–H groups in total. The van der Waals surface area contributed by atoms with Gasteiger partial charge in [0.2, 0.25) is 0 Å². The summed E-state index contributed by atoms with van der Waals surface area (Å²) < 4.78 is 8.01. The molecule has 1 aromatic carbocycles. The average molecular weight is 341 g/mol. The fraction of sp³-hybridized carbons (Fsp3) is 0.400. The summed E-state index contributed by atoms with van der Waals surface area (Å²) >= 11 is 2.16. The molecular formula is C15H18O2SSe. The van der Waals surface area contributed by atoms with Gasteiger partial charge in [-0.2, -0.15) is 0 Å². The van der Waals surface area contributed by atoms with Gasteiger partial charge in [-0.25, -0.2) is 0 Å². The maximum absolute atomic E-state index is 11.5. The van der Waals surface area contributed by atoms with E-state index < -0.39 is 0 Å². The maximum atomic E-state index is 11.5. The second-order valence-electron chi connectivity index (χ2n) is 4.27. The van der Waals surface area contributed by atoms with Crippen LogP contribution >= 0.6 is 11.8 Å². The Labute approximate surface area is 124 Å². The molecule has 1 aromatic heterocycles. The number of hydrogen-bond donors (Lipinski definition) is 0. The van der Waals surface area contributed by atoms with Crippen molar-refractivity contribution in [3.8, 4) is 0 Å². The Morgan fingerprint density at radius 1 is 1.42 bits per heavy atom. The van der Waals surface area contributed by atoms with Crippen molar-refractivity contribution in [3.63, 3.8) is 0 Å². The summed E-state index contributed by atoms with van der Waals surface area (Å²) in [5, 5.41) is 1.32. The molecule has 1 heterocycles. The third kappa shape index (κ3) is 4.13. The van der Waals surface area contributed by atoms with Gasteiger partial charge in [0.1, 0.15) is 0 Å². The summed E-state index contributed by atoms with van der Waals surface area (Å²) in [6, 6.07) is 10.9. The topological polar surface area (TPSA) is 26.3 Å². The van der Waals surface area contributed by atoms with Gasteiger partial charge in [0.05, 0.1) is 0 Å². The predicted molar refractivity (Wildman–Crippen MR) is 83.1 cm³/mol. The van der Waals surface area contributed by atoms with Gasteiger partial charge in [-0.1, -0.05) is 0 Å². The van der Waals surface area contributed by atoms with Crippen LogP contribution in [0.15, 0.2) is 30.3 Å². The van der Waals surface area contributed by atoms with Crippen LogP contribution in [-0.4, -0.2) is 38.1 Å². The molecule has 0 fully saturated rings. The molecule has 0 aliphatic heterocycles. The van der Waals surface area contributed by atoms with E-state index in [1.54, 1.807) is 11.8 Å². The molecule has 0 saturated carbocycles. The van der Waals surface area contributed by atoms with Crippen LogP contribution in [0.5, 0.6) is 0 Å². The Morgan fingerprint density at radius 2 is 2.21 bits per heavy atom. The molecule has 0 radical (unpaired) electrons. The van der Waals surface area contributed by atoms with Crippen molar-refractivity contribution in [2.75, 3.05) is 12.4 Å². The SMILES string of the molecule is CCOC(=O)C(C)SCCc1cc2ccccc2[se]1. The van der Waals surface area contributed by atoms with E-state index in [4.69, 9.17) is 4.74 Å². The quantitative estimate of drug-likeness (QED) is 0.597. The summed E-state index contributed by atoms with van der Waals surface area (Å²) in [4.78, 5) is 11.5. The zero-order valence-electron chi connectivity index (χ0n) is 11.2. The Balaban J connectivity index is 1.84. The fourth-order valence-corrected chi connectivity index (χ4v) is 5.24. The number of carbonyl (C=O) groups is 1. The molecule has 1 unspecified atom stereocenters. The average Bonchev–Trinajstić information content (AvgIpc) is 2.81. The van der Waals surface area contributed by atoms with Crippen molar-refractivity contribution in [3.05, 3.63) is 34.8 Å². The first-order valence-corrected chi connectivity index (χ1v) is 9.22. The van der Waals surface area contributed by atoms with Gasteiger partial charge in [-0.3, -0.25) is 0 Å². The molecule has 2 rings (SSSR count). The van der Waals surface area contributed by atoms with E-state index in [0.29, 0.717) is 21.1 Å². The van der Waals surface area contributed by atoms with Gasteiger partial charge >= 0.3 is 124 Å². The molecule has 0 saturated heterocycles. The van der Waals surface area contributed by atoms with E-state index in [0.717, 1.165) is 12.2 Å². The molecule has 2 nitrogen and oxygen atoms in total. The van der Waals surface area contributed by atoms with E-state index in [1.165, 1.54) is 14.1 Å². The van der Waals surface area contributed by atoms with Crippen LogP contribution in [-0.2, 0) is 16.0 Å². The van der Waals surface area contributed by atoms with E-state index >= 15 is 0 Å². The number of benzene rings is 1. The Kier molecular flexibility index (Phi) is 5.56. The Morgan fingerprint density at radius 3 is 2.95 bits per heavy atom. The van der Waals surface area contributed by atoms with Crippen LogP contribution < -0.4 is 0 Å². The molecule has 0 aliphatic rings. The monoisotopic (exact) mass is 342 g/mol. The van der Waals surface area contributed by atoms with Gasteiger partial charge in [0, 0.05) is 0 Å². The van der Waals surface area contributed by atoms with Crippen LogP contribution in [0.1, 0.15) is 18.3 Å². The zero-order chi connectivity index (χ0) is 13.7. The Hall–Kier alpha value is -0.701. The van der Waals surface area contributed by atoms with Crippen molar-refractivity contribution in [1.82, 2.24) is 0 Å². The molecule has 0 bridgehead atoms. The van der Waals surface area contributed by atoms with Gasteiger partial charge in [0.25, 0.3) is 0 Å². The van der Waals surface area contributed by atoms with Crippen LogP contribution in [0.25, 0.3) is 9.65 Å². The van der Waals surface area contributed by atoms with E-state index in [9.17, 15) is 4.79 Å². The minimum atomic E-state index is -0.0957. The summed E-state index contributed by atoms with van der Waals surface area (Å²) in [5.41, 5.74) is 0. The number of esters is 1. The van der Waals surface area contributed by atoms with Gasteiger partial charge in [0.15, 0.2) is 0 Å². The molecule has 19 heavy (non-hydrogen) atoms. The summed E-state index contributed by atoms with van der Waals surface area (Å²) in [5.74, 6) is 0.892. The number of ether oxygens (including phenoxy) is 1. The number of carbonyl (C=O) groups excluding carboxylic acids is 1. The number of fused-ring (bicyclic) bond motifs is 1. The molecule has 102 valence electrons. The molecule has 2 aromatic rings. The van der Waals surface area contributed by atoms with Crippen molar-refractivity contribution in [1.29, 1.82) is 0 Å². The summed E-state index contributed by atoms with van der Waals surface area (Å²) in [6.45, 7) is 4.23. The van der Waals surface area contributed by atoms with Crippen LogP contribution in [0.2, 0.25) is 0 Å². The molecule has 4 heteroatoms. The minimum absolute atomic E-state index is 0.0585. The van der Waals surface area contributed by atoms with Gasteiger partial charge < -0.3 is 0 Å². The standard InChI is InChI=1S/C15H18O2SSe/c1-3-17-15(16)11(2)18-9-8-13-10-12-6-4-5-7-14(12)19-13/h4-7,10-11H,3,8-9H2,1-2H3. The first-order chi connectivity index (χ1) is 9.20. The van der Waals surface area contributed by atoms with Crippen molar-refractivity contribution in [2.24, 2.45) is 0 Å². The van der Waals surface area contributed by atoms with Crippen LogP contribution in [0.4, 0.5) is 0 Å². The Bertz CT molecular complexity index is 517. The third-order valence-corrected chi connectivity index (χ3v) is 6.41. The number of rotatable bonds is 6. The normalized spacial score (nSPS) is 12.5. The second-order valence-corrected chi connectivity index (χ2v) is 8.17. The number of thioether (sulfide) groups is 1. The second kappa shape index (κ2) is 7.18. The predicted octanol–water partition coefficient (Wildman–Crippen LogP) is 3.12. The van der Waals surface area contributed by atoms with Crippen molar-refractivity contribution in [2.45, 2.75) is 25.5 Å². The van der Waals surface area contributed by atoms with E-state index in [2.05, 4.69) is 30.3 Å². The molecule has 0 aliphatic carbocycles. The van der Waals surface area contributed by atoms with E-state index in [1.807, 2.05) is 13.8 Å². The molecular weight excluding hydrogens is 323 g/mol. The first kappa shape index (κ1) is 14.7. The summed E-state index contributed by atoms with van der Waals surface area (Å²) in [6.07, 6.45) is 1.07. The van der Waals surface area contributed by atoms with Gasteiger partial charge in [-0.05, 0) is 0 Å². The number of hydrogen-bond acceptors (Lipinski definition) is 3. The van der Waals surface area contributed by atoms with Crippen molar-refractivity contribution >= 4 is 41.9 Å². The molecule has 0 spiro atoms. The summed E-state index contributed by atoms with van der Waals surface area (Å²) in [7, 11) is 0. The van der Waals surface area contributed by atoms with Crippen LogP contribution in [0.3, 0.4) is 0 Å². The number of aryl methyl sites for hydroxylation is 1. The van der Waals surface area contributed by atoms with Crippen LogP contribution in [0, 0.1) is 0 Å². The fourth-order valence-electron chi connectivity index (χ4n) is 1.82. The molecule has 0 amide bonds.